The molecule has 0 saturated heterocycles. The van der Waals surface area contributed by atoms with Crippen LogP contribution in [0.25, 0.3) is 0 Å². The van der Waals surface area contributed by atoms with Gasteiger partial charge in [-0.2, -0.15) is 0 Å². The summed E-state index contributed by atoms with van der Waals surface area (Å²) < 4.78 is 5.21. The molecule has 224 valence electrons. The van der Waals surface area contributed by atoms with Crippen molar-refractivity contribution in [3.8, 4) is 5.75 Å². The van der Waals surface area contributed by atoms with E-state index in [2.05, 4.69) is 40.2 Å². The van der Waals surface area contributed by atoms with Crippen molar-refractivity contribution in [3.63, 3.8) is 0 Å². The standard InChI is InChI=1S/C36H41N3O4/c1-24-13-15-28(16-14-24)25(2)37-23-34(40)33(21-27-9-6-5-7-10-27)39-36(42)31-12-8-11-30(22-31)35(41)38-26(3)29-17-19-32(43-4)20-18-29/h5-20,22,25-26,33-34,37,40H,21,23H2,1-4H3,(H,38,41)(H,39,42)/t25-,26-,33+,34-/m1/s1. The van der Waals surface area contributed by atoms with E-state index in [-0.39, 0.29) is 23.9 Å². The van der Waals surface area contributed by atoms with Gasteiger partial charge in [0.05, 0.1) is 25.3 Å². The molecule has 4 N–H and O–H groups in total. The van der Waals surface area contributed by atoms with Crippen LogP contribution in [0.15, 0.2) is 103 Å². The molecule has 2 amide bonds. The van der Waals surface area contributed by atoms with E-state index < -0.39 is 12.1 Å². The molecule has 4 rings (SSSR count). The fourth-order valence-electron chi connectivity index (χ4n) is 4.87. The van der Waals surface area contributed by atoms with Gasteiger partial charge in [-0.3, -0.25) is 9.59 Å². The number of methoxy groups -OCH3 is 1. The van der Waals surface area contributed by atoms with Crippen LogP contribution < -0.4 is 20.7 Å². The number of ether oxygens (including phenoxy) is 1. The lowest BCUT2D eigenvalue weighted by atomic mass is 9.99. The Morgan fingerprint density at radius 2 is 1.33 bits per heavy atom. The molecule has 0 bridgehead atoms. The summed E-state index contributed by atoms with van der Waals surface area (Å²) in [6.45, 7) is 6.29. The summed E-state index contributed by atoms with van der Waals surface area (Å²) in [6, 6.07) is 31.4. The minimum atomic E-state index is -0.853. The first-order chi connectivity index (χ1) is 20.7. The van der Waals surface area contributed by atoms with E-state index in [1.807, 2.05) is 75.4 Å². The van der Waals surface area contributed by atoms with E-state index in [1.165, 1.54) is 5.56 Å². The number of aliphatic hydroxyl groups excluding tert-OH is 1. The SMILES string of the molecule is COc1ccc([C@@H](C)NC(=O)c2cccc(C(=O)N[C@@H](Cc3ccccc3)[C@H](O)CN[C@H](C)c3ccc(C)cc3)c2)cc1. The predicted molar refractivity (Wildman–Crippen MR) is 170 cm³/mol. The molecule has 0 aliphatic rings. The summed E-state index contributed by atoms with van der Waals surface area (Å²) in [5.74, 6) is 0.103. The minimum Gasteiger partial charge on any atom is -0.497 e. The highest BCUT2D eigenvalue weighted by Crippen LogP contribution is 2.19. The molecule has 7 heteroatoms. The van der Waals surface area contributed by atoms with Crippen molar-refractivity contribution < 1.29 is 19.4 Å². The Labute approximate surface area is 254 Å². The van der Waals surface area contributed by atoms with Crippen LogP contribution in [0.3, 0.4) is 0 Å². The van der Waals surface area contributed by atoms with Gasteiger partial charge in [0.15, 0.2) is 0 Å². The third-order valence-corrected chi connectivity index (χ3v) is 7.64. The maximum atomic E-state index is 13.4. The van der Waals surface area contributed by atoms with Crippen molar-refractivity contribution >= 4 is 11.8 Å². The molecular formula is C36H41N3O4. The molecule has 0 unspecified atom stereocenters. The number of aryl methyl sites for hydroxylation is 1. The molecule has 4 aromatic rings. The molecule has 43 heavy (non-hydrogen) atoms. The van der Waals surface area contributed by atoms with Crippen molar-refractivity contribution in [2.24, 2.45) is 0 Å². The lowest BCUT2D eigenvalue weighted by molar-refractivity contribution is 0.0825. The highest BCUT2D eigenvalue weighted by atomic mass is 16.5. The van der Waals surface area contributed by atoms with Crippen LogP contribution in [0.5, 0.6) is 5.75 Å². The van der Waals surface area contributed by atoms with Gasteiger partial charge >= 0.3 is 0 Å². The monoisotopic (exact) mass is 579 g/mol. The van der Waals surface area contributed by atoms with Gasteiger partial charge in [-0.25, -0.2) is 0 Å². The van der Waals surface area contributed by atoms with E-state index >= 15 is 0 Å². The Morgan fingerprint density at radius 1 is 0.744 bits per heavy atom. The second-order valence-corrected chi connectivity index (χ2v) is 10.9. The number of carbonyl (C=O) groups is 2. The highest BCUT2D eigenvalue weighted by molar-refractivity contribution is 5.99. The largest absolute Gasteiger partial charge is 0.497 e. The zero-order valence-corrected chi connectivity index (χ0v) is 25.2. The quantitative estimate of drug-likeness (QED) is 0.167. The Hall–Kier alpha value is -4.46. The molecule has 7 nitrogen and oxygen atoms in total. The first-order valence-corrected chi connectivity index (χ1v) is 14.6. The van der Waals surface area contributed by atoms with E-state index in [1.54, 1.807) is 31.4 Å². The van der Waals surface area contributed by atoms with Crippen LogP contribution in [0, 0.1) is 6.92 Å². The zero-order valence-electron chi connectivity index (χ0n) is 25.2. The fraction of sp³-hybridized carbons (Fsp3) is 0.278. The van der Waals surface area contributed by atoms with Crippen LogP contribution in [0.2, 0.25) is 0 Å². The van der Waals surface area contributed by atoms with Crippen LogP contribution >= 0.6 is 0 Å². The maximum absolute atomic E-state index is 13.4. The van der Waals surface area contributed by atoms with Gasteiger partial charge in [-0.1, -0.05) is 78.4 Å². The number of aliphatic hydroxyl groups is 1. The lowest BCUT2D eigenvalue weighted by Crippen LogP contribution is -2.49. The Kier molecular flexibility index (Phi) is 11.1. The van der Waals surface area contributed by atoms with Crippen molar-refractivity contribution in [2.45, 2.75) is 51.4 Å². The summed E-state index contributed by atoms with van der Waals surface area (Å²) in [7, 11) is 1.61. The van der Waals surface area contributed by atoms with Gasteiger partial charge < -0.3 is 25.8 Å². The smallest absolute Gasteiger partial charge is 0.251 e. The molecule has 0 aliphatic heterocycles. The molecule has 0 fully saturated rings. The summed E-state index contributed by atoms with van der Waals surface area (Å²) in [5, 5.41) is 20.7. The first-order valence-electron chi connectivity index (χ1n) is 14.6. The topological polar surface area (TPSA) is 99.7 Å². The number of nitrogens with one attached hydrogen (secondary N) is 3. The first kappa shape index (κ1) is 31.5. The van der Waals surface area contributed by atoms with Crippen LogP contribution in [-0.2, 0) is 6.42 Å². The van der Waals surface area contributed by atoms with Gasteiger partial charge in [-0.05, 0) is 74.2 Å². The van der Waals surface area contributed by atoms with Gasteiger partial charge in [0.1, 0.15) is 5.75 Å². The van der Waals surface area contributed by atoms with Crippen molar-refractivity contribution in [1.82, 2.24) is 16.0 Å². The van der Waals surface area contributed by atoms with Gasteiger partial charge in [0.2, 0.25) is 0 Å². The third-order valence-electron chi connectivity index (χ3n) is 7.64. The molecule has 4 aromatic carbocycles. The summed E-state index contributed by atoms with van der Waals surface area (Å²) in [5.41, 5.74) is 4.97. The number of benzene rings is 4. The number of hydrogen-bond donors (Lipinski definition) is 4. The molecular weight excluding hydrogens is 538 g/mol. The van der Waals surface area contributed by atoms with Crippen LogP contribution in [0.1, 0.15) is 68.9 Å². The molecule has 4 atom stereocenters. The zero-order chi connectivity index (χ0) is 30.8. The number of amides is 2. The summed E-state index contributed by atoms with van der Waals surface area (Å²) >= 11 is 0. The van der Waals surface area contributed by atoms with E-state index in [0.29, 0.717) is 24.1 Å². The normalized spacial score (nSPS) is 13.8. The summed E-state index contributed by atoms with van der Waals surface area (Å²) in [4.78, 5) is 26.5. The highest BCUT2D eigenvalue weighted by Gasteiger charge is 2.24. The molecule has 0 heterocycles. The van der Waals surface area contributed by atoms with Crippen LogP contribution in [0.4, 0.5) is 0 Å². The van der Waals surface area contributed by atoms with E-state index in [9.17, 15) is 14.7 Å². The lowest BCUT2D eigenvalue weighted by Gasteiger charge is -2.26. The van der Waals surface area contributed by atoms with E-state index in [0.717, 1.165) is 22.4 Å². The van der Waals surface area contributed by atoms with Crippen molar-refractivity contribution in [3.05, 3.63) is 137 Å². The third kappa shape index (κ3) is 9.01. The summed E-state index contributed by atoms with van der Waals surface area (Å²) in [6.07, 6.45) is -0.401. The minimum absolute atomic E-state index is 0.0267. The Balaban J connectivity index is 1.43. The van der Waals surface area contributed by atoms with Crippen molar-refractivity contribution in [1.29, 1.82) is 0 Å². The molecule has 0 aliphatic carbocycles. The van der Waals surface area contributed by atoms with Gasteiger partial charge in [-0.15, -0.1) is 0 Å². The predicted octanol–water partition coefficient (Wildman–Crippen LogP) is 5.55. The second kappa shape index (κ2) is 15.1. The Bertz CT molecular complexity index is 1470. The van der Waals surface area contributed by atoms with Gasteiger partial charge in [0, 0.05) is 23.7 Å². The number of rotatable bonds is 13. The maximum Gasteiger partial charge on any atom is 0.251 e. The average Bonchev–Trinajstić information content (AvgIpc) is 3.04. The fourth-order valence-corrected chi connectivity index (χ4v) is 4.87. The molecule has 0 saturated carbocycles. The van der Waals surface area contributed by atoms with Gasteiger partial charge in [0.25, 0.3) is 11.8 Å². The second-order valence-electron chi connectivity index (χ2n) is 10.9. The average molecular weight is 580 g/mol. The Morgan fingerprint density at radius 3 is 1.95 bits per heavy atom. The van der Waals surface area contributed by atoms with Crippen molar-refractivity contribution in [2.75, 3.05) is 13.7 Å². The number of carbonyl (C=O) groups excluding carboxylic acids is 2. The van der Waals surface area contributed by atoms with Crippen LogP contribution in [-0.4, -0.2) is 42.7 Å². The number of hydrogen-bond acceptors (Lipinski definition) is 5. The molecule has 0 aromatic heterocycles. The molecule has 0 radical (unpaired) electrons. The molecule has 0 spiro atoms. The van der Waals surface area contributed by atoms with E-state index in [4.69, 9.17) is 4.74 Å².